The van der Waals surface area contributed by atoms with Crippen molar-refractivity contribution in [3.05, 3.63) is 35.4 Å². The zero-order valence-corrected chi connectivity index (χ0v) is 16.7. The van der Waals surface area contributed by atoms with E-state index in [-0.39, 0.29) is 7.92 Å². The first-order chi connectivity index (χ1) is 10.9. The maximum absolute atomic E-state index is 2.60. The second-order valence-electron chi connectivity index (χ2n) is 6.37. The molecule has 2 aliphatic heterocycles. The zero-order chi connectivity index (χ0) is 15.8. The van der Waals surface area contributed by atoms with Gasteiger partial charge in [0.15, 0.2) is 0 Å². The Labute approximate surface area is 141 Å². The molecule has 124 valence electrons. The molecule has 0 saturated carbocycles. The van der Waals surface area contributed by atoms with Gasteiger partial charge < -0.3 is 0 Å². The fourth-order valence-electron chi connectivity index (χ4n) is 3.78. The number of benzene rings is 1. The molecule has 0 aromatic heterocycles. The van der Waals surface area contributed by atoms with Gasteiger partial charge in [-0.15, -0.1) is 8.58 Å². The molecule has 2 saturated heterocycles. The Kier molecular flexibility index (Phi) is 8.42. The Bertz CT molecular complexity index is 423. The van der Waals surface area contributed by atoms with E-state index in [4.69, 9.17) is 0 Å². The predicted octanol–water partition coefficient (Wildman–Crippen LogP) is 7.34. The van der Waals surface area contributed by atoms with Gasteiger partial charge in [0.2, 0.25) is 0 Å². The van der Waals surface area contributed by atoms with Crippen molar-refractivity contribution in [2.75, 3.05) is 18.5 Å². The van der Waals surface area contributed by atoms with E-state index in [0.717, 1.165) is 11.3 Å². The summed E-state index contributed by atoms with van der Waals surface area (Å²) in [6.45, 7) is 6.34. The maximum Gasteiger partial charge on any atom is 0.00420 e. The summed E-state index contributed by atoms with van der Waals surface area (Å²) in [5.41, 5.74) is 5.19. The van der Waals surface area contributed by atoms with Crippen molar-refractivity contribution in [1.82, 2.24) is 0 Å². The van der Waals surface area contributed by atoms with Crippen LogP contribution >= 0.6 is 16.5 Å². The van der Waals surface area contributed by atoms with Crippen LogP contribution < -0.4 is 0 Å². The van der Waals surface area contributed by atoms with Gasteiger partial charge in [0.25, 0.3) is 0 Å². The summed E-state index contributed by atoms with van der Waals surface area (Å²) in [5.74, 6) is 0. The molecule has 4 unspecified atom stereocenters. The minimum atomic E-state index is 0.287. The lowest BCUT2D eigenvalue weighted by Gasteiger charge is -2.22. The largest absolute Gasteiger partial charge is 0.114 e. The van der Waals surface area contributed by atoms with Crippen LogP contribution in [0.15, 0.2) is 24.3 Å². The smallest absolute Gasteiger partial charge is 0.00420 e. The molecule has 0 nitrogen and oxygen atoms in total. The van der Waals surface area contributed by atoms with Crippen LogP contribution in [0.3, 0.4) is 0 Å². The molecule has 0 radical (unpaired) electrons. The average Bonchev–Trinajstić information content (AvgIpc) is 3.26. The SMILES string of the molecule is CC.CCCCP1CCCC1c1cccc(C2CCCP2)c1. The van der Waals surface area contributed by atoms with Gasteiger partial charge in [0.05, 0.1) is 0 Å². The van der Waals surface area contributed by atoms with Crippen molar-refractivity contribution in [2.45, 2.75) is 70.6 Å². The lowest BCUT2D eigenvalue weighted by molar-refractivity contribution is 0.808. The highest BCUT2D eigenvalue weighted by Gasteiger charge is 2.28. The van der Waals surface area contributed by atoms with E-state index in [1.54, 1.807) is 11.1 Å². The molecule has 0 amide bonds. The molecule has 2 heterocycles. The normalized spacial score (nSPS) is 28.6. The van der Waals surface area contributed by atoms with Crippen LogP contribution in [0, 0.1) is 0 Å². The molecule has 0 bridgehead atoms. The second kappa shape index (κ2) is 10.1. The third-order valence-corrected chi connectivity index (χ3v) is 9.90. The van der Waals surface area contributed by atoms with Crippen molar-refractivity contribution in [3.8, 4) is 0 Å². The monoisotopic (exact) mass is 336 g/mol. The van der Waals surface area contributed by atoms with Gasteiger partial charge >= 0.3 is 0 Å². The molecule has 22 heavy (non-hydrogen) atoms. The first-order valence-electron chi connectivity index (χ1n) is 9.46. The van der Waals surface area contributed by atoms with Gasteiger partial charge in [-0.25, -0.2) is 0 Å². The Morgan fingerprint density at radius 1 is 1.14 bits per heavy atom. The Balaban J connectivity index is 0.000000847. The molecule has 3 rings (SSSR count). The Hall–Kier alpha value is 0.0800. The average molecular weight is 336 g/mol. The lowest BCUT2D eigenvalue weighted by Crippen LogP contribution is -1.97. The van der Waals surface area contributed by atoms with Gasteiger partial charge in [-0.05, 0) is 61.7 Å². The fraction of sp³-hybridized carbons (Fsp3) is 0.700. The predicted molar refractivity (Wildman–Crippen MR) is 106 cm³/mol. The molecule has 1 aromatic rings. The third-order valence-electron chi connectivity index (χ3n) is 4.92. The quantitative estimate of drug-likeness (QED) is 0.493. The van der Waals surface area contributed by atoms with Gasteiger partial charge in [0.1, 0.15) is 0 Å². The molecule has 0 aliphatic carbocycles. The van der Waals surface area contributed by atoms with Gasteiger partial charge in [-0.2, -0.15) is 0 Å². The van der Waals surface area contributed by atoms with Gasteiger partial charge in [0, 0.05) is 11.3 Å². The van der Waals surface area contributed by atoms with Crippen LogP contribution in [0.25, 0.3) is 0 Å². The summed E-state index contributed by atoms with van der Waals surface area (Å²) >= 11 is 0. The van der Waals surface area contributed by atoms with Crippen LogP contribution in [-0.4, -0.2) is 18.5 Å². The van der Waals surface area contributed by atoms with Crippen LogP contribution in [0.4, 0.5) is 0 Å². The standard InChI is InChI=1S/C18H28P2.C2H6/c1-2-3-12-20-13-6-10-18(20)16-8-4-7-15(14-16)17-9-5-11-19-17;1-2/h4,7-8,14,17-19H,2-3,5-6,9-13H2,1H3;1-2H3. The fourth-order valence-corrected chi connectivity index (χ4v) is 8.65. The molecule has 4 atom stereocenters. The first-order valence-corrected chi connectivity index (χ1v) is 12.5. The van der Waals surface area contributed by atoms with E-state index >= 15 is 0 Å². The Morgan fingerprint density at radius 3 is 2.68 bits per heavy atom. The second-order valence-corrected chi connectivity index (χ2v) is 10.7. The highest BCUT2D eigenvalue weighted by molar-refractivity contribution is 7.58. The molecule has 1 aromatic carbocycles. The highest BCUT2D eigenvalue weighted by Crippen LogP contribution is 2.60. The van der Waals surface area contributed by atoms with E-state index in [1.807, 2.05) is 13.8 Å². The number of hydrogen-bond donors (Lipinski definition) is 0. The molecular weight excluding hydrogens is 302 g/mol. The lowest BCUT2D eigenvalue weighted by atomic mass is 10.0. The summed E-state index contributed by atoms with van der Waals surface area (Å²) in [7, 11) is 1.47. The van der Waals surface area contributed by atoms with Crippen molar-refractivity contribution in [3.63, 3.8) is 0 Å². The number of rotatable bonds is 5. The molecule has 2 heteroatoms. The van der Waals surface area contributed by atoms with E-state index in [1.165, 1.54) is 65.6 Å². The Morgan fingerprint density at radius 2 is 1.95 bits per heavy atom. The summed E-state index contributed by atoms with van der Waals surface area (Å²) < 4.78 is 0. The molecule has 2 fully saturated rings. The van der Waals surface area contributed by atoms with Crippen molar-refractivity contribution in [2.24, 2.45) is 0 Å². The van der Waals surface area contributed by atoms with Gasteiger partial charge in [-0.3, -0.25) is 0 Å². The van der Waals surface area contributed by atoms with E-state index in [2.05, 4.69) is 31.2 Å². The highest BCUT2D eigenvalue weighted by atomic mass is 31.1. The summed E-state index contributed by atoms with van der Waals surface area (Å²) in [6, 6.07) is 9.77. The minimum Gasteiger partial charge on any atom is -0.114 e. The van der Waals surface area contributed by atoms with Crippen molar-refractivity contribution < 1.29 is 0 Å². The van der Waals surface area contributed by atoms with E-state index < -0.39 is 0 Å². The summed E-state index contributed by atoms with van der Waals surface area (Å²) in [6.07, 6.45) is 13.2. The number of unbranched alkanes of at least 4 members (excludes halogenated alkanes) is 1. The zero-order valence-electron chi connectivity index (χ0n) is 14.8. The van der Waals surface area contributed by atoms with E-state index in [9.17, 15) is 0 Å². The third kappa shape index (κ3) is 4.79. The van der Waals surface area contributed by atoms with Crippen LogP contribution in [0.5, 0.6) is 0 Å². The van der Waals surface area contributed by atoms with Gasteiger partial charge in [-0.1, -0.05) is 59.4 Å². The molecular formula is C20H34P2. The van der Waals surface area contributed by atoms with Crippen LogP contribution in [-0.2, 0) is 0 Å². The topological polar surface area (TPSA) is 0 Å². The molecule has 0 spiro atoms. The minimum absolute atomic E-state index is 0.287. The summed E-state index contributed by atoms with van der Waals surface area (Å²) in [5, 5.41) is 0. The summed E-state index contributed by atoms with van der Waals surface area (Å²) in [4.78, 5) is 0. The maximum atomic E-state index is 2.60. The number of hydrogen-bond acceptors (Lipinski definition) is 0. The molecule has 2 aliphatic rings. The van der Waals surface area contributed by atoms with Crippen LogP contribution in [0.1, 0.15) is 81.7 Å². The molecule has 0 N–H and O–H groups in total. The van der Waals surface area contributed by atoms with Crippen LogP contribution in [0.2, 0.25) is 0 Å². The first kappa shape index (κ1) is 18.4. The van der Waals surface area contributed by atoms with E-state index in [0.29, 0.717) is 0 Å². The van der Waals surface area contributed by atoms with Crippen molar-refractivity contribution >= 4 is 16.5 Å². The van der Waals surface area contributed by atoms with Crippen molar-refractivity contribution in [1.29, 1.82) is 0 Å².